The smallest absolute Gasteiger partial charge is 0.393 e. The largest absolute Gasteiger partial charge is 0.508 e. The molecule has 1 aliphatic carbocycles. The monoisotopic (exact) mass is 717 g/mol. The molecule has 4 N–H and O–H groups in total. The second-order valence-corrected chi connectivity index (χ2v) is 15.7. The van der Waals surface area contributed by atoms with E-state index in [1.165, 1.54) is 12.4 Å². The van der Waals surface area contributed by atoms with Gasteiger partial charge in [-0.15, -0.1) is 11.3 Å². The number of sulfonamides is 1. The Morgan fingerprint density at radius 1 is 1.10 bits per heavy atom. The minimum atomic E-state index is -4.29. The van der Waals surface area contributed by atoms with Gasteiger partial charge in [-0.1, -0.05) is 6.58 Å². The van der Waals surface area contributed by atoms with Gasteiger partial charge in [-0.2, -0.15) is 18.4 Å². The summed E-state index contributed by atoms with van der Waals surface area (Å²) in [5.41, 5.74) is 1.74. The molecule has 49 heavy (non-hydrogen) atoms. The molecule has 1 unspecified atom stereocenters. The highest BCUT2D eigenvalue weighted by atomic mass is 32.2. The van der Waals surface area contributed by atoms with Gasteiger partial charge in [0.1, 0.15) is 34.5 Å². The van der Waals surface area contributed by atoms with Crippen LogP contribution in [-0.2, 0) is 29.5 Å². The number of nitrogens with zero attached hydrogens (tertiary/aromatic N) is 5. The minimum absolute atomic E-state index is 0.0590. The molecule has 0 amide bonds. The summed E-state index contributed by atoms with van der Waals surface area (Å²) < 4.78 is 66.8. The lowest BCUT2D eigenvalue weighted by Crippen LogP contribution is -2.39. The van der Waals surface area contributed by atoms with Crippen molar-refractivity contribution < 1.29 is 31.8 Å². The van der Waals surface area contributed by atoms with Crippen LogP contribution in [-0.4, -0.2) is 75.5 Å². The maximum atomic E-state index is 12.9. The molecule has 1 atom stereocenters. The number of hydrogen-bond donors (Lipinski definition) is 4. The third kappa shape index (κ3) is 8.35. The van der Waals surface area contributed by atoms with Gasteiger partial charge in [0.2, 0.25) is 10.0 Å². The lowest BCUT2D eigenvalue weighted by atomic mass is 9.83. The standard InChI is InChI=1S/C33H38F3N7O4S2/c1-2-49(46,47)41-24-5-3-20(4-6-24)30(45)18-43-25(16-37)12-21-11-22(29(44)14-28(21)43)17-42-9-7-23(8-10-42)40-31-27-13-26(15-33(34,35)36)48-32(27)39-19-38-31/h2,11-14,19-20,23-24,30,41,44-45H,1,3-10,15,17-18H2,(H,38,39,40). The molecule has 0 radical (unpaired) electrons. The van der Waals surface area contributed by atoms with Gasteiger partial charge in [0.25, 0.3) is 0 Å². The molecule has 4 heterocycles. The average molecular weight is 718 g/mol. The SMILES string of the molecule is C=CS(=O)(=O)NC1CCC(C(O)Cn2c(C#N)cc3cc(CN4CCC(Nc5ncnc6sc(CC(F)(F)F)cc56)CC4)c(O)cc32)CC1. The number of alkyl halides is 3. The first-order chi connectivity index (χ1) is 23.3. The highest BCUT2D eigenvalue weighted by Gasteiger charge is 2.31. The van der Waals surface area contributed by atoms with Crippen LogP contribution in [0.2, 0.25) is 0 Å². The Kier molecular flexibility index (Phi) is 10.2. The zero-order valence-corrected chi connectivity index (χ0v) is 28.3. The lowest BCUT2D eigenvalue weighted by molar-refractivity contribution is -0.126. The first-order valence-corrected chi connectivity index (χ1v) is 18.5. The molecule has 0 bridgehead atoms. The number of phenols is 1. The first-order valence-electron chi connectivity index (χ1n) is 16.2. The molecule has 1 saturated carbocycles. The maximum Gasteiger partial charge on any atom is 0.393 e. The molecule has 1 aromatic carbocycles. The van der Waals surface area contributed by atoms with E-state index in [2.05, 4.69) is 37.6 Å². The molecule has 3 aromatic heterocycles. The number of phenolic OH excluding ortho intramolecular Hbond substituents is 1. The van der Waals surface area contributed by atoms with Gasteiger partial charge in [-0.05, 0) is 62.6 Å². The molecule has 2 fully saturated rings. The predicted octanol–water partition coefficient (Wildman–Crippen LogP) is 5.39. The summed E-state index contributed by atoms with van der Waals surface area (Å²) in [5.74, 6) is 0.565. The number of rotatable bonds is 11. The van der Waals surface area contributed by atoms with Crippen molar-refractivity contribution >= 4 is 48.3 Å². The van der Waals surface area contributed by atoms with Crippen LogP contribution in [0.25, 0.3) is 21.1 Å². The number of aromatic nitrogens is 3. The zero-order chi connectivity index (χ0) is 34.9. The van der Waals surface area contributed by atoms with E-state index in [4.69, 9.17) is 0 Å². The summed E-state index contributed by atoms with van der Waals surface area (Å²) >= 11 is 1.02. The van der Waals surface area contributed by atoms with E-state index in [9.17, 15) is 37.1 Å². The van der Waals surface area contributed by atoms with Crippen molar-refractivity contribution in [1.29, 1.82) is 5.26 Å². The Balaban J connectivity index is 1.07. The maximum absolute atomic E-state index is 12.9. The van der Waals surface area contributed by atoms with Crippen LogP contribution >= 0.6 is 11.3 Å². The van der Waals surface area contributed by atoms with Gasteiger partial charge in [0.05, 0.1) is 30.0 Å². The molecule has 0 spiro atoms. The van der Waals surface area contributed by atoms with Crippen molar-refractivity contribution in [3.63, 3.8) is 0 Å². The number of thiophene rings is 1. The lowest BCUT2D eigenvalue weighted by Gasteiger charge is -2.33. The van der Waals surface area contributed by atoms with Crippen LogP contribution in [0.4, 0.5) is 19.0 Å². The van der Waals surface area contributed by atoms with Crippen molar-refractivity contribution in [3.8, 4) is 11.8 Å². The number of fused-ring (bicyclic) bond motifs is 2. The normalized spacial score (nSPS) is 20.4. The molecule has 16 heteroatoms. The Bertz CT molecular complexity index is 1970. The van der Waals surface area contributed by atoms with E-state index < -0.39 is 28.7 Å². The molecule has 11 nitrogen and oxygen atoms in total. The number of aliphatic hydroxyl groups is 1. The molecular weight excluding hydrogens is 680 g/mol. The Morgan fingerprint density at radius 3 is 2.51 bits per heavy atom. The molecule has 1 aliphatic heterocycles. The molecule has 6 rings (SSSR count). The number of nitriles is 1. The molecule has 262 valence electrons. The number of aromatic hydroxyl groups is 1. The van der Waals surface area contributed by atoms with Crippen LogP contribution in [0.3, 0.4) is 0 Å². The van der Waals surface area contributed by atoms with Crippen LogP contribution in [0.5, 0.6) is 5.75 Å². The summed E-state index contributed by atoms with van der Waals surface area (Å²) in [7, 11) is -3.52. The number of benzene rings is 1. The van der Waals surface area contributed by atoms with Gasteiger partial charge < -0.3 is 20.1 Å². The van der Waals surface area contributed by atoms with E-state index in [1.807, 2.05) is 6.07 Å². The number of halogens is 3. The second kappa shape index (κ2) is 14.2. The average Bonchev–Trinajstić information content (AvgIpc) is 3.61. The third-order valence-electron chi connectivity index (χ3n) is 9.53. The quantitative estimate of drug-likeness (QED) is 0.160. The van der Waals surface area contributed by atoms with E-state index in [0.29, 0.717) is 59.5 Å². The topological polar surface area (TPSA) is 156 Å². The summed E-state index contributed by atoms with van der Waals surface area (Å²) in [6, 6.07) is 8.87. The van der Waals surface area contributed by atoms with Gasteiger partial charge in [0, 0.05) is 59.0 Å². The Hall–Kier alpha value is -3.75. The number of anilines is 1. The van der Waals surface area contributed by atoms with E-state index in [-0.39, 0.29) is 35.2 Å². The molecule has 4 aromatic rings. The number of aliphatic hydroxyl groups excluding tert-OH is 1. The Labute approximate surface area is 286 Å². The fourth-order valence-electron chi connectivity index (χ4n) is 6.97. The zero-order valence-electron chi connectivity index (χ0n) is 26.7. The van der Waals surface area contributed by atoms with Crippen molar-refractivity contribution in [3.05, 3.63) is 58.7 Å². The number of piperidine rings is 1. The highest BCUT2D eigenvalue weighted by molar-refractivity contribution is 7.92. The second-order valence-electron chi connectivity index (χ2n) is 12.9. The first kappa shape index (κ1) is 35.1. The number of nitrogens with one attached hydrogen (secondary N) is 2. The van der Waals surface area contributed by atoms with Crippen molar-refractivity contribution in [1.82, 2.24) is 24.2 Å². The van der Waals surface area contributed by atoms with E-state index in [1.54, 1.807) is 16.7 Å². The third-order valence-corrected chi connectivity index (χ3v) is 11.7. The Morgan fingerprint density at radius 2 is 1.84 bits per heavy atom. The van der Waals surface area contributed by atoms with Crippen LogP contribution in [0, 0.1) is 17.2 Å². The van der Waals surface area contributed by atoms with E-state index in [0.717, 1.165) is 53.6 Å². The van der Waals surface area contributed by atoms with Crippen LogP contribution < -0.4 is 10.0 Å². The van der Waals surface area contributed by atoms with Crippen LogP contribution in [0.15, 0.2) is 42.6 Å². The van der Waals surface area contributed by atoms with Crippen molar-refractivity contribution in [2.75, 3.05) is 18.4 Å². The van der Waals surface area contributed by atoms with Gasteiger partial charge in [-0.3, -0.25) is 4.90 Å². The van der Waals surface area contributed by atoms with Crippen LogP contribution in [0.1, 0.15) is 54.7 Å². The summed E-state index contributed by atoms with van der Waals surface area (Å²) in [6.45, 7) is 5.44. The number of likely N-dealkylation sites (tertiary alicyclic amines) is 1. The highest BCUT2D eigenvalue weighted by Crippen LogP contribution is 2.35. The van der Waals surface area contributed by atoms with Gasteiger partial charge in [-0.25, -0.2) is 23.1 Å². The fraction of sp³-hybridized carbons (Fsp3) is 0.485. The molecule has 2 aliphatic rings. The summed E-state index contributed by atoms with van der Waals surface area (Å²) in [6.07, 6.45) is -0.695. The minimum Gasteiger partial charge on any atom is -0.508 e. The van der Waals surface area contributed by atoms with Crippen molar-refractivity contribution in [2.24, 2.45) is 5.92 Å². The number of hydrogen-bond acceptors (Lipinski definition) is 10. The molecular formula is C33H38F3N7O4S2. The fourth-order valence-corrected chi connectivity index (χ4v) is 8.80. The predicted molar refractivity (Wildman–Crippen MR) is 181 cm³/mol. The van der Waals surface area contributed by atoms with E-state index >= 15 is 0 Å². The van der Waals surface area contributed by atoms with Gasteiger partial charge >= 0.3 is 6.18 Å². The summed E-state index contributed by atoms with van der Waals surface area (Å²) in [5, 5.41) is 37.7. The molecule has 1 saturated heterocycles. The summed E-state index contributed by atoms with van der Waals surface area (Å²) in [4.78, 5) is 11.4. The van der Waals surface area contributed by atoms with Crippen molar-refractivity contribution in [2.45, 2.75) is 82.4 Å². The van der Waals surface area contributed by atoms with Gasteiger partial charge in [0.15, 0.2) is 0 Å².